The fourth-order valence-electron chi connectivity index (χ4n) is 3.36. The Balaban J connectivity index is 5.83. The van der Waals surface area contributed by atoms with Crippen LogP contribution in [-0.2, 0) is 9.74 Å². The van der Waals surface area contributed by atoms with Crippen LogP contribution in [0, 0.1) is 0 Å². The zero-order valence-corrected chi connectivity index (χ0v) is 16.3. The first-order chi connectivity index (χ1) is 9.82. The van der Waals surface area contributed by atoms with Crippen LogP contribution in [0.3, 0.4) is 0 Å². The van der Waals surface area contributed by atoms with Gasteiger partial charge in [-0.2, -0.15) is 0 Å². The standard InChI is InChI=1S/C16H37O3PS/c1-5-9-13-20(14-10-6-2,15-11-7-3,16-12-8-4)21(17,18)19/h5-16H2,1-4H3,(H,17,18,19). The average molecular weight is 341 g/mol. The van der Waals surface area contributed by atoms with Gasteiger partial charge in [-0.3, -0.25) is 0 Å². The summed E-state index contributed by atoms with van der Waals surface area (Å²) in [5, 5.41) is 0. The molecular formula is C16H37O3PS. The van der Waals surface area contributed by atoms with Crippen LogP contribution < -0.4 is 0 Å². The maximum atomic E-state index is 12.6. The van der Waals surface area contributed by atoms with Crippen LogP contribution in [0.25, 0.3) is 0 Å². The molecule has 0 heterocycles. The molecule has 0 rings (SSSR count). The summed E-state index contributed by atoms with van der Waals surface area (Å²) in [6, 6.07) is 0. The first-order valence-corrected chi connectivity index (χ1v) is 13.8. The van der Waals surface area contributed by atoms with Gasteiger partial charge in [0.05, 0.1) is 0 Å². The van der Waals surface area contributed by atoms with Crippen molar-refractivity contribution in [1.82, 2.24) is 0 Å². The Morgan fingerprint density at radius 3 is 1.05 bits per heavy atom. The van der Waals surface area contributed by atoms with E-state index in [1.807, 2.05) is 0 Å². The van der Waals surface area contributed by atoms with Crippen molar-refractivity contribution in [1.29, 1.82) is 0 Å². The SMILES string of the molecule is CCCCP(CCCC)(CCCC)(CCCC)S(=O)(=O)O. The normalized spacial score (nSPS) is 14.8. The van der Waals surface area contributed by atoms with E-state index in [1.54, 1.807) is 0 Å². The van der Waals surface area contributed by atoms with E-state index in [0.717, 1.165) is 76.0 Å². The molecule has 0 aromatic carbocycles. The van der Waals surface area contributed by atoms with Crippen LogP contribution in [0.4, 0.5) is 0 Å². The van der Waals surface area contributed by atoms with Crippen molar-refractivity contribution >= 4 is 15.5 Å². The fourth-order valence-corrected chi connectivity index (χ4v) is 14.4. The molecule has 0 radical (unpaired) electrons. The fraction of sp³-hybridized carbons (Fsp3) is 1.00. The average Bonchev–Trinajstić information content (AvgIpc) is 2.45. The van der Waals surface area contributed by atoms with Crippen molar-refractivity contribution in [3.63, 3.8) is 0 Å². The van der Waals surface area contributed by atoms with Gasteiger partial charge in [0, 0.05) is 0 Å². The number of hydrogen-bond acceptors (Lipinski definition) is 2. The summed E-state index contributed by atoms with van der Waals surface area (Å²) >= 11 is 0. The van der Waals surface area contributed by atoms with Gasteiger partial charge in [0.15, 0.2) is 0 Å². The summed E-state index contributed by atoms with van der Waals surface area (Å²) in [7, 11) is -3.95. The molecular weight excluding hydrogens is 303 g/mol. The van der Waals surface area contributed by atoms with Crippen molar-refractivity contribution < 1.29 is 13.0 Å². The molecule has 0 saturated heterocycles. The van der Waals surface area contributed by atoms with Crippen molar-refractivity contribution in [3.8, 4) is 0 Å². The Hall–Kier alpha value is 0.340. The minimum atomic E-state index is -3.95. The van der Waals surface area contributed by atoms with Gasteiger partial charge in [0.2, 0.25) is 0 Å². The van der Waals surface area contributed by atoms with Gasteiger partial charge in [-0.15, -0.1) is 0 Å². The third-order valence-corrected chi connectivity index (χ3v) is 18.2. The van der Waals surface area contributed by atoms with E-state index in [9.17, 15) is 13.0 Å². The van der Waals surface area contributed by atoms with Gasteiger partial charge in [0.1, 0.15) is 0 Å². The molecule has 0 atom stereocenters. The molecule has 0 spiro atoms. The summed E-state index contributed by atoms with van der Waals surface area (Å²) in [6.45, 7) is 8.42. The summed E-state index contributed by atoms with van der Waals surface area (Å²) in [6.07, 6.45) is 10.6. The Morgan fingerprint density at radius 1 is 0.667 bits per heavy atom. The van der Waals surface area contributed by atoms with E-state index >= 15 is 0 Å². The van der Waals surface area contributed by atoms with Gasteiger partial charge in [-0.25, -0.2) is 0 Å². The van der Waals surface area contributed by atoms with Crippen LogP contribution in [-0.4, -0.2) is 37.6 Å². The maximum absolute atomic E-state index is 12.6. The molecule has 0 unspecified atom stereocenters. The second kappa shape index (κ2) is 9.47. The zero-order valence-electron chi connectivity index (χ0n) is 14.6. The Kier molecular flexibility index (Phi) is 9.63. The van der Waals surface area contributed by atoms with Crippen molar-refractivity contribution in [3.05, 3.63) is 0 Å². The predicted molar refractivity (Wildman–Crippen MR) is 97.6 cm³/mol. The molecule has 0 aliphatic heterocycles. The molecule has 0 amide bonds. The summed E-state index contributed by atoms with van der Waals surface area (Å²) in [4.78, 5) is 0. The molecule has 3 nitrogen and oxygen atoms in total. The van der Waals surface area contributed by atoms with Gasteiger partial charge in [-0.1, -0.05) is 0 Å². The third-order valence-electron chi connectivity index (χ3n) is 4.96. The van der Waals surface area contributed by atoms with E-state index in [0.29, 0.717) is 0 Å². The summed E-state index contributed by atoms with van der Waals surface area (Å²) in [5.41, 5.74) is 0. The Labute approximate surface area is 132 Å². The van der Waals surface area contributed by atoms with Crippen molar-refractivity contribution in [2.45, 2.75) is 79.1 Å². The Bertz CT molecular complexity index is 335. The number of unbranched alkanes of at least 4 members (excludes halogenated alkanes) is 4. The Morgan fingerprint density at radius 2 is 0.905 bits per heavy atom. The zero-order chi connectivity index (χ0) is 16.4. The van der Waals surface area contributed by atoms with Gasteiger partial charge in [0.25, 0.3) is 0 Å². The third kappa shape index (κ3) is 5.18. The number of rotatable bonds is 13. The van der Waals surface area contributed by atoms with Gasteiger partial charge >= 0.3 is 132 Å². The van der Waals surface area contributed by atoms with Gasteiger partial charge < -0.3 is 0 Å². The molecule has 0 aliphatic rings. The van der Waals surface area contributed by atoms with E-state index in [2.05, 4.69) is 27.7 Å². The van der Waals surface area contributed by atoms with E-state index in [-0.39, 0.29) is 0 Å². The first-order valence-electron chi connectivity index (χ1n) is 8.79. The summed E-state index contributed by atoms with van der Waals surface area (Å²) < 4.78 is 35.5. The molecule has 130 valence electrons. The molecule has 0 aliphatic carbocycles. The van der Waals surface area contributed by atoms with Crippen molar-refractivity contribution in [2.75, 3.05) is 24.6 Å². The van der Waals surface area contributed by atoms with Crippen LogP contribution in [0.5, 0.6) is 0 Å². The second-order valence-electron chi connectivity index (χ2n) is 6.61. The molecule has 0 aromatic rings. The topological polar surface area (TPSA) is 54.4 Å². The molecule has 5 heteroatoms. The van der Waals surface area contributed by atoms with E-state index < -0.39 is 15.5 Å². The molecule has 21 heavy (non-hydrogen) atoms. The number of hydrogen-bond donors (Lipinski definition) is 1. The second-order valence-corrected chi connectivity index (χ2v) is 17.5. The first kappa shape index (κ1) is 21.3. The molecule has 0 bridgehead atoms. The van der Waals surface area contributed by atoms with E-state index in [1.165, 1.54) is 0 Å². The molecule has 0 saturated carbocycles. The van der Waals surface area contributed by atoms with Crippen molar-refractivity contribution in [2.24, 2.45) is 0 Å². The van der Waals surface area contributed by atoms with Gasteiger partial charge in [-0.05, 0) is 0 Å². The molecule has 1 N–H and O–H groups in total. The quantitative estimate of drug-likeness (QED) is 0.353. The van der Waals surface area contributed by atoms with Crippen LogP contribution in [0.1, 0.15) is 79.1 Å². The summed E-state index contributed by atoms with van der Waals surface area (Å²) in [5.74, 6) is -3.10. The van der Waals surface area contributed by atoms with Crippen LogP contribution in [0.15, 0.2) is 0 Å². The van der Waals surface area contributed by atoms with Crippen LogP contribution in [0.2, 0.25) is 0 Å². The van der Waals surface area contributed by atoms with Crippen LogP contribution >= 0.6 is 5.81 Å². The predicted octanol–water partition coefficient (Wildman–Crippen LogP) is 5.54. The van der Waals surface area contributed by atoms with E-state index in [4.69, 9.17) is 0 Å². The minimum absolute atomic E-state index is 0.737. The molecule has 0 fully saturated rings. The molecule has 0 aromatic heterocycles. The monoisotopic (exact) mass is 340 g/mol.